The average Bonchev–Trinajstić information content (AvgIpc) is 2.76. The Balaban J connectivity index is 1.84. The Morgan fingerprint density at radius 2 is 2.18 bits per heavy atom. The zero-order chi connectivity index (χ0) is 11.7. The van der Waals surface area contributed by atoms with Gasteiger partial charge in [-0.1, -0.05) is 0 Å². The van der Waals surface area contributed by atoms with Crippen LogP contribution in [0.3, 0.4) is 0 Å². The van der Waals surface area contributed by atoms with Crippen molar-refractivity contribution in [3.8, 4) is 17.2 Å². The molecule has 0 fully saturated rings. The molecule has 0 amide bonds. The third kappa shape index (κ3) is 1.99. The van der Waals surface area contributed by atoms with Crippen LogP contribution in [0.4, 0.5) is 0 Å². The molecule has 88 valence electrons. The lowest BCUT2D eigenvalue weighted by Gasteiger charge is -2.14. The zero-order valence-electron chi connectivity index (χ0n) is 8.61. The minimum atomic E-state index is -3.47. The van der Waals surface area contributed by atoms with E-state index in [-0.39, 0.29) is 6.79 Å². The summed E-state index contributed by atoms with van der Waals surface area (Å²) in [4.78, 5) is 0. The molecule has 0 radical (unpaired) electrons. The van der Waals surface area contributed by atoms with Gasteiger partial charge < -0.3 is 18.5 Å². The van der Waals surface area contributed by atoms with Crippen molar-refractivity contribution in [2.75, 3.05) is 6.79 Å². The number of allylic oxidation sites excluding steroid dienone is 1. The van der Waals surface area contributed by atoms with Crippen LogP contribution in [0.15, 0.2) is 35.3 Å². The predicted octanol–water partition coefficient (Wildman–Crippen LogP) is 2.52. The van der Waals surface area contributed by atoms with E-state index in [1.165, 1.54) is 18.6 Å². The maximum absolute atomic E-state index is 11.9. The molecule has 7 heteroatoms. The van der Waals surface area contributed by atoms with Gasteiger partial charge in [0.2, 0.25) is 6.79 Å². The van der Waals surface area contributed by atoms with E-state index < -0.39 is 7.75 Å². The minimum absolute atomic E-state index is 0.174. The van der Waals surface area contributed by atoms with E-state index in [1.807, 2.05) is 0 Å². The standard InChI is InChI=1S/C10H8NO5P/c12-17(11-4-1-5-15-17)16-8-2-3-9-10(6-8)14-7-13-9/h1-6H,7H2. The number of fused-ring (bicyclic) bond motifs is 1. The summed E-state index contributed by atoms with van der Waals surface area (Å²) in [6, 6.07) is 4.87. The number of rotatable bonds is 2. The Kier molecular flexibility index (Phi) is 2.30. The topological polar surface area (TPSA) is 66.4 Å². The first kappa shape index (κ1) is 10.2. The van der Waals surface area contributed by atoms with E-state index in [0.29, 0.717) is 17.2 Å². The van der Waals surface area contributed by atoms with Crippen molar-refractivity contribution in [3.63, 3.8) is 0 Å². The molecule has 2 heterocycles. The Morgan fingerprint density at radius 3 is 3.00 bits per heavy atom. The fourth-order valence-electron chi connectivity index (χ4n) is 1.41. The van der Waals surface area contributed by atoms with E-state index in [4.69, 9.17) is 18.5 Å². The summed E-state index contributed by atoms with van der Waals surface area (Å²) in [6.07, 6.45) is 4.18. The molecule has 0 spiro atoms. The predicted molar refractivity (Wildman–Crippen MR) is 59.5 cm³/mol. The SMILES string of the molecule is O=P1(Oc2ccc3c(c2)OCO3)N=CC=CO1. The van der Waals surface area contributed by atoms with E-state index in [9.17, 15) is 4.57 Å². The second-order valence-electron chi connectivity index (χ2n) is 3.27. The van der Waals surface area contributed by atoms with Crippen molar-refractivity contribution in [2.24, 2.45) is 4.76 Å². The van der Waals surface area contributed by atoms with Crippen LogP contribution < -0.4 is 14.0 Å². The van der Waals surface area contributed by atoms with Crippen molar-refractivity contribution in [1.82, 2.24) is 0 Å². The quantitative estimate of drug-likeness (QED) is 0.757. The molecule has 0 bridgehead atoms. The first-order chi connectivity index (χ1) is 8.25. The number of hydrogen-bond acceptors (Lipinski definition) is 5. The van der Waals surface area contributed by atoms with Gasteiger partial charge in [-0.05, 0) is 18.2 Å². The van der Waals surface area contributed by atoms with Crippen LogP contribution in [0.1, 0.15) is 0 Å². The van der Waals surface area contributed by atoms with Crippen molar-refractivity contribution in [1.29, 1.82) is 0 Å². The number of benzene rings is 1. The lowest BCUT2D eigenvalue weighted by molar-refractivity contribution is 0.174. The summed E-state index contributed by atoms with van der Waals surface area (Å²) in [7, 11) is -3.47. The van der Waals surface area contributed by atoms with Crippen LogP contribution in [0, 0.1) is 0 Å². The highest BCUT2D eigenvalue weighted by atomic mass is 31.2. The van der Waals surface area contributed by atoms with Gasteiger partial charge in [0.1, 0.15) is 5.75 Å². The Hall–Kier alpha value is -1.94. The monoisotopic (exact) mass is 253 g/mol. The first-order valence-corrected chi connectivity index (χ1v) is 6.33. The highest BCUT2D eigenvalue weighted by molar-refractivity contribution is 7.53. The Labute approximate surface area is 97.1 Å². The number of hydrogen-bond donors (Lipinski definition) is 0. The van der Waals surface area contributed by atoms with Crippen molar-refractivity contribution in [3.05, 3.63) is 30.5 Å². The number of nitrogens with zero attached hydrogens (tertiary/aromatic N) is 1. The van der Waals surface area contributed by atoms with Gasteiger partial charge in [-0.3, -0.25) is 0 Å². The largest absolute Gasteiger partial charge is 0.562 e. The summed E-state index contributed by atoms with van der Waals surface area (Å²) in [6.45, 7) is 0.174. The molecule has 1 aromatic carbocycles. The lowest BCUT2D eigenvalue weighted by atomic mass is 10.3. The summed E-state index contributed by atoms with van der Waals surface area (Å²) >= 11 is 0. The third-order valence-electron chi connectivity index (χ3n) is 2.13. The fraction of sp³-hybridized carbons (Fsp3) is 0.100. The molecule has 0 saturated carbocycles. The van der Waals surface area contributed by atoms with Gasteiger partial charge in [0.15, 0.2) is 11.5 Å². The van der Waals surface area contributed by atoms with Crippen LogP contribution in [0.2, 0.25) is 0 Å². The van der Waals surface area contributed by atoms with Crippen LogP contribution >= 0.6 is 7.75 Å². The molecule has 1 atom stereocenters. The summed E-state index contributed by atoms with van der Waals surface area (Å²) in [5, 5.41) is 0. The molecule has 0 aromatic heterocycles. The van der Waals surface area contributed by atoms with Gasteiger partial charge in [-0.15, -0.1) is 0 Å². The van der Waals surface area contributed by atoms with E-state index in [0.717, 1.165) is 0 Å². The van der Waals surface area contributed by atoms with Crippen molar-refractivity contribution < 1.29 is 23.1 Å². The van der Waals surface area contributed by atoms with Crippen LogP contribution in [-0.4, -0.2) is 13.0 Å². The molecule has 0 saturated heterocycles. The van der Waals surface area contributed by atoms with Gasteiger partial charge in [0.05, 0.1) is 6.26 Å². The van der Waals surface area contributed by atoms with Crippen LogP contribution in [0.5, 0.6) is 17.2 Å². The summed E-state index contributed by atoms with van der Waals surface area (Å²) < 4.78 is 36.0. The molecule has 1 aromatic rings. The maximum atomic E-state index is 11.9. The summed E-state index contributed by atoms with van der Waals surface area (Å²) in [5.74, 6) is 1.53. The zero-order valence-corrected chi connectivity index (χ0v) is 9.50. The van der Waals surface area contributed by atoms with Crippen molar-refractivity contribution in [2.45, 2.75) is 0 Å². The average molecular weight is 253 g/mol. The van der Waals surface area contributed by atoms with E-state index >= 15 is 0 Å². The van der Waals surface area contributed by atoms with Gasteiger partial charge in [0.25, 0.3) is 0 Å². The molecule has 1 unspecified atom stereocenters. The Bertz CT molecular complexity index is 554. The molecule has 6 nitrogen and oxygen atoms in total. The second-order valence-corrected chi connectivity index (χ2v) is 4.83. The maximum Gasteiger partial charge on any atom is 0.562 e. The van der Waals surface area contributed by atoms with Crippen molar-refractivity contribution >= 4 is 14.0 Å². The van der Waals surface area contributed by atoms with Gasteiger partial charge >= 0.3 is 7.75 Å². The summed E-state index contributed by atoms with van der Waals surface area (Å²) in [5.41, 5.74) is 0. The Morgan fingerprint density at radius 1 is 1.29 bits per heavy atom. The van der Waals surface area contributed by atoms with Gasteiger partial charge in [0, 0.05) is 12.3 Å². The normalized spacial score (nSPS) is 24.5. The van der Waals surface area contributed by atoms with Crippen LogP contribution in [-0.2, 0) is 9.09 Å². The molecule has 2 aliphatic heterocycles. The third-order valence-corrected chi connectivity index (χ3v) is 3.38. The molecular formula is C10H8NO5P. The smallest absolute Gasteiger partial charge is 0.454 e. The molecular weight excluding hydrogens is 245 g/mol. The number of ether oxygens (including phenoxy) is 2. The molecule has 17 heavy (non-hydrogen) atoms. The van der Waals surface area contributed by atoms with Crippen LogP contribution in [0.25, 0.3) is 0 Å². The van der Waals surface area contributed by atoms with Gasteiger partial charge in [-0.25, -0.2) is 4.57 Å². The molecule has 2 aliphatic rings. The molecule has 0 aliphatic carbocycles. The highest BCUT2D eigenvalue weighted by Crippen LogP contribution is 2.52. The fourth-order valence-corrected chi connectivity index (χ4v) is 2.40. The minimum Gasteiger partial charge on any atom is -0.454 e. The molecule has 3 rings (SSSR count). The highest BCUT2D eigenvalue weighted by Gasteiger charge is 2.27. The first-order valence-electron chi connectivity index (χ1n) is 4.84. The van der Waals surface area contributed by atoms with Gasteiger partial charge in [-0.2, -0.15) is 4.76 Å². The lowest BCUT2D eigenvalue weighted by Crippen LogP contribution is -1.95. The molecule has 0 N–H and O–H groups in total. The van der Waals surface area contributed by atoms with E-state index in [1.54, 1.807) is 18.2 Å². The second kappa shape index (κ2) is 3.82. The van der Waals surface area contributed by atoms with E-state index in [2.05, 4.69) is 4.76 Å².